The molecule has 2 aromatic rings. The second-order valence-corrected chi connectivity index (χ2v) is 4.70. The SMILES string of the molecule is CNc1ncc(C(=O)Nc2ccc(F)c(Cl)c2)cc1Cl. The van der Waals surface area contributed by atoms with Gasteiger partial charge in [0.1, 0.15) is 11.6 Å². The average molecular weight is 314 g/mol. The van der Waals surface area contributed by atoms with E-state index in [4.69, 9.17) is 23.2 Å². The van der Waals surface area contributed by atoms with E-state index >= 15 is 0 Å². The summed E-state index contributed by atoms with van der Waals surface area (Å²) in [5.74, 6) is -0.481. The third-order valence-electron chi connectivity index (χ3n) is 2.52. The summed E-state index contributed by atoms with van der Waals surface area (Å²) < 4.78 is 13.0. The summed E-state index contributed by atoms with van der Waals surface area (Å²) in [6.07, 6.45) is 1.39. The van der Waals surface area contributed by atoms with Gasteiger partial charge < -0.3 is 10.6 Å². The molecule has 0 fully saturated rings. The Bertz CT molecular complexity index is 664. The third-order valence-corrected chi connectivity index (χ3v) is 3.10. The fraction of sp³-hybridized carbons (Fsp3) is 0.0769. The van der Waals surface area contributed by atoms with Crippen molar-refractivity contribution in [1.82, 2.24) is 4.98 Å². The van der Waals surface area contributed by atoms with Gasteiger partial charge in [-0.25, -0.2) is 9.37 Å². The standard InChI is InChI=1S/C13H10Cl2FN3O/c1-17-12-10(15)4-7(6-18-12)13(20)19-8-2-3-11(16)9(14)5-8/h2-6H,1H3,(H,17,18)(H,19,20). The number of carbonyl (C=O) groups is 1. The van der Waals surface area contributed by atoms with Gasteiger partial charge >= 0.3 is 0 Å². The highest BCUT2D eigenvalue weighted by Crippen LogP contribution is 2.22. The zero-order valence-electron chi connectivity index (χ0n) is 10.4. The Hall–Kier alpha value is -1.85. The minimum Gasteiger partial charge on any atom is -0.372 e. The second kappa shape index (κ2) is 6.07. The molecule has 20 heavy (non-hydrogen) atoms. The van der Waals surface area contributed by atoms with Crippen molar-refractivity contribution in [2.75, 3.05) is 17.7 Å². The predicted molar refractivity (Wildman–Crippen MR) is 78.2 cm³/mol. The maximum Gasteiger partial charge on any atom is 0.257 e. The summed E-state index contributed by atoms with van der Waals surface area (Å²) in [7, 11) is 1.68. The molecule has 0 aliphatic heterocycles. The monoisotopic (exact) mass is 313 g/mol. The molecule has 1 aromatic heterocycles. The van der Waals surface area contributed by atoms with Crippen LogP contribution in [-0.4, -0.2) is 17.9 Å². The minimum atomic E-state index is -0.548. The van der Waals surface area contributed by atoms with Gasteiger partial charge in [-0.05, 0) is 24.3 Å². The molecule has 1 heterocycles. The first kappa shape index (κ1) is 14.6. The first-order chi connectivity index (χ1) is 9.51. The Morgan fingerprint density at radius 2 is 2.00 bits per heavy atom. The molecule has 2 N–H and O–H groups in total. The molecule has 0 spiro atoms. The molecule has 1 aromatic carbocycles. The number of nitrogens with one attached hydrogen (secondary N) is 2. The number of anilines is 2. The lowest BCUT2D eigenvalue weighted by molar-refractivity contribution is 0.102. The van der Waals surface area contributed by atoms with E-state index in [1.54, 1.807) is 7.05 Å². The highest BCUT2D eigenvalue weighted by atomic mass is 35.5. The fourth-order valence-electron chi connectivity index (χ4n) is 1.52. The maximum absolute atomic E-state index is 13.0. The number of nitrogens with zero attached hydrogens (tertiary/aromatic N) is 1. The van der Waals surface area contributed by atoms with Crippen LogP contribution in [0.15, 0.2) is 30.5 Å². The number of hydrogen-bond acceptors (Lipinski definition) is 3. The lowest BCUT2D eigenvalue weighted by atomic mass is 10.2. The number of halogens is 3. The lowest BCUT2D eigenvalue weighted by Gasteiger charge is -2.07. The number of carbonyl (C=O) groups excluding carboxylic acids is 1. The Morgan fingerprint density at radius 1 is 1.25 bits per heavy atom. The molecule has 0 saturated carbocycles. The normalized spacial score (nSPS) is 10.2. The molecule has 0 unspecified atom stereocenters. The summed E-state index contributed by atoms with van der Waals surface area (Å²) in [4.78, 5) is 16.0. The minimum absolute atomic E-state index is 0.0653. The molecule has 0 atom stereocenters. The van der Waals surface area contributed by atoms with Crippen LogP contribution in [0.25, 0.3) is 0 Å². The molecule has 0 aliphatic carbocycles. The Morgan fingerprint density at radius 3 is 2.60 bits per heavy atom. The molecule has 104 valence electrons. The van der Waals surface area contributed by atoms with Crippen LogP contribution >= 0.6 is 23.2 Å². The van der Waals surface area contributed by atoms with Crippen LogP contribution < -0.4 is 10.6 Å². The molecule has 2 rings (SSSR count). The Kier molecular flexibility index (Phi) is 4.42. The van der Waals surface area contributed by atoms with E-state index in [-0.39, 0.29) is 10.6 Å². The van der Waals surface area contributed by atoms with Crippen molar-refractivity contribution in [3.8, 4) is 0 Å². The zero-order chi connectivity index (χ0) is 14.7. The molecular weight excluding hydrogens is 304 g/mol. The van der Waals surface area contributed by atoms with E-state index in [0.717, 1.165) is 0 Å². The Labute approximate surface area is 124 Å². The van der Waals surface area contributed by atoms with Crippen molar-refractivity contribution in [2.45, 2.75) is 0 Å². The molecular formula is C13H10Cl2FN3O. The van der Waals surface area contributed by atoms with E-state index in [2.05, 4.69) is 15.6 Å². The van der Waals surface area contributed by atoms with E-state index in [1.807, 2.05) is 0 Å². The number of hydrogen-bond donors (Lipinski definition) is 2. The predicted octanol–water partition coefficient (Wildman–Crippen LogP) is 3.82. The van der Waals surface area contributed by atoms with Gasteiger partial charge in [-0.3, -0.25) is 4.79 Å². The van der Waals surface area contributed by atoms with Gasteiger partial charge in [-0.2, -0.15) is 0 Å². The van der Waals surface area contributed by atoms with Crippen LogP contribution in [-0.2, 0) is 0 Å². The van der Waals surface area contributed by atoms with Gasteiger partial charge in [0.25, 0.3) is 5.91 Å². The molecule has 0 bridgehead atoms. The van der Waals surface area contributed by atoms with Crippen LogP contribution in [0.3, 0.4) is 0 Å². The summed E-state index contributed by atoms with van der Waals surface area (Å²) in [5.41, 5.74) is 0.671. The molecule has 0 aliphatic rings. The van der Waals surface area contributed by atoms with E-state index in [1.165, 1.54) is 30.5 Å². The number of aromatic nitrogens is 1. The number of pyridine rings is 1. The number of amides is 1. The largest absolute Gasteiger partial charge is 0.372 e. The van der Waals surface area contributed by atoms with Crippen LogP contribution in [0.1, 0.15) is 10.4 Å². The number of benzene rings is 1. The summed E-state index contributed by atoms with van der Waals surface area (Å²) >= 11 is 11.6. The molecule has 1 amide bonds. The van der Waals surface area contributed by atoms with E-state index < -0.39 is 11.7 Å². The zero-order valence-corrected chi connectivity index (χ0v) is 11.9. The molecule has 0 radical (unpaired) electrons. The first-order valence-electron chi connectivity index (χ1n) is 5.61. The van der Waals surface area contributed by atoms with Gasteiger partial charge in [-0.1, -0.05) is 23.2 Å². The van der Waals surface area contributed by atoms with Crippen LogP contribution in [0.4, 0.5) is 15.9 Å². The van der Waals surface area contributed by atoms with Gasteiger partial charge in [0.15, 0.2) is 0 Å². The highest BCUT2D eigenvalue weighted by Gasteiger charge is 2.10. The van der Waals surface area contributed by atoms with Crippen molar-refractivity contribution >= 4 is 40.6 Å². The van der Waals surface area contributed by atoms with Crippen LogP contribution in [0.2, 0.25) is 10.0 Å². The molecule has 7 heteroatoms. The van der Waals surface area contributed by atoms with Gasteiger partial charge in [0, 0.05) is 18.9 Å². The van der Waals surface area contributed by atoms with E-state index in [9.17, 15) is 9.18 Å². The fourth-order valence-corrected chi connectivity index (χ4v) is 1.96. The lowest BCUT2D eigenvalue weighted by Crippen LogP contribution is -2.12. The van der Waals surface area contributed by atoms with Crippen molar-refractivity contribution < 1.29 is 9.18 Å². The average Bonchev–Trinajstić information content (AvgIpc) is 2.42. The topological polar surface area (TPSA) is 54.0 Å². The quantitative estimate of drug-likeness (QED) is 0.905. The summed E-state index contributed by atoms with van der Waals surface area (Å²) in [6.45, 7) is 0. The maximum atomic E-state index is 13.0. The highest BCUT2D eigenvalue weighted by molar-refractivity contribution is 6.33. The van der Waals surface area contributed by atoms with Crippen molar-refractivity contribution in [1.29, 1.82) is 0 Å². The summed E-state index contributed by atoms with van der Waals surface area (Å²) in [5, 5.41) is 5.64. The van der Waals surface area contributed by atoms with Crippen molar-refractivity contribution in [3.63, 3.8) is 0 Å². The van der Waals surface area contributed by atoms with E-state index in [0.29, 0.717) is 16.5 Å². The van der Waals surface area contributed by atoms with Crippen LogP contribution in [0, 0.1) is 5.82 Å². The van der Waals surface area contributed by atoms with Gasteiger partial charge in [0.2, 0.25) is 0 Å². The smallest absolute Gasteiger partial charge is 0.257 e. The first-order valence-corrected chi connectivity index (χ1v) is 6.36. The third kappa shape index (κ3) is 3.18. The second-order valence-electron chi connectivity index (χ2n) is 3.89. The Balaban J connectivity index is 2.19. The van der Waals surface area contributed by atoms with Crippen molar-refractivity contribution in [3.05, 3.63) is 51.9 Å². The summed E-state index contributed by atoms with van der Waals surface area (Å²) in [6, 6.07) is 5.40. The molecule has 0 saturated heterocycles. The molecule has 4 nitrogen and oxygen atoms in total. The van der Waals surface area contributed by atoms with Gasteiger partial charge in [-0.15, -0.1) is 0 Å². The number of rotatable bonds is 3. The van der Waals surface area contributed by atoms with Gasteiger partial charge in [0.05, 0.1) is 15.6 Å². The van der Waals surface area contributed by atoms with Crippen LogP contribution in [0.5, 0.6) is 0 Å². The van der Waals surface area contributed by atoms with Crippen molar-refractivity contribution in [2.24, 2.45) is 0 Å².